The van der Waals surface area contributed by atoms with Gasteiger partial charge in [0.1, 0.15) is 11.2 Å². The minimum absolute atomic E-state index is 0.909. The molecule has 240 valence electrons. The second kappa shape index (κ2) is 11.9. The molecule has 0 saturated carbocycles. The van der Waals surface area contributed by atoms with Gasteiger partial charge in [0.25, 0.3) is 0 Å². The number of fused-ring (bicyclic) bond motifs is 6. The SMILES string of the molecule is c1ccc(-c2ccc(N(c3ccc(-c4ccc5[nH]c6ccccc6c5c4)cc3)c3ccc(-c4ccc5oc6ccccc6c5c4)cc3)cc2)cc1. The Kier molecular flexibility index (Phi) is 6.81. The lowest BCUT2D eigenvalue weighted by Gasteiger charge is -2.26. The molecule has 1 N–H and O–H groups in total. The van der Waals surface area contributed by atoms with Crippen LogP contribution in [0.15, 0.2) is 192 Å². The summed E-state index contributed by atoms with van der Waals surface area (Å²) in [6.45, 7) is 0. The largest absolute Gasteiger partial charge is 0.456 e. The number of rotatable bonds is 6. The van der Waals surface area contributed by atoms with Gasteiger partial charge >= 0.3 is 0 Å². The van der Waals surface area contributed by atoms with Crippen LogP contribution in [-0.4, -0.2) is 4.98 Å². The van der Waals surface area contributed by atoms with Crippen LogP contribution in [0.2, 0.25) is 0 Å². The molecule has 0 fully saturated rings. The average molecular weight is 653 g/mol. The molecule has 0 unspecified atom stereocenters. The molecule has 0 amide bonds. The fourth-order valence-corrected chi connectivity index (χ4v) is 7.42. The van der Waals surface area contributed by atoms with Crippen molar-refractivity contribution in [3.05, 3.63) is 188 Å². The number of H-pyrrole nitrogens is 1. The maximum Gasteiger partial charge on any atom is 0.135 e. The molecule has 0 saturated heterocycles. The predicted molar refractivity (Wildman–Crippen MR) is 214 cm³/mol. The van der Waals surface area contributed by atoms with Crippen LogP contribution in [0.5, 0.6) is 0 Å². The Morgan fingerprint density at radius 2 is 0.765 bits per heavy atom. The highest BCUT2D eigenvalue weighted by molar-refractivity contribution is 6.08. The highest BCUT2D eigenvalue weighted by atomic mass is 16.3. The number of furan rings is 1. The van der Waals surface area contributed by atoms with E-state index in [0.717, 1.165) is 61.2 Å². The van der Waals surface area contributed by atoms with Crippen molar-refractivity contribution in [2.45, 2.75) is 0 Å². The van der Waals surface area contributed by atoms with Gasteiger partial charge in [0, 0.05) is 49.6 Å². The molecule has 0 atom stereocenters. The number of nitrogens with one attached hydrogen (secondary N) is 1. The lowest BCUT2D eigenvalue weighted by Crippen LogP contribution is -2.09. The van der Waals surface area contributed by atoms with Gasteiger partial charge in [0.05, 0.1) is 0 Å². The number of nitrogens with zero attached hydrogens (tertiary/aromatic N) is 1. The molecule has 3 heteroatoms. The third kappa shape index (κ3) is 5.15. The highest BCUT2D eigenvalue weighted by Gasteiger charge is 2.15. The second-order valence-electron chi connectivity index (χ2n) is 13.1. The Morgan fingerprint density at radius 1 is 0.314 bits per heavy atom. The summed E-state index contributed by atoms with van der Waals surface area (Å²) in [4.78, 5) is 5.88. The fraction of sp³-hybridized carbons (Fsp3) is 0. The van der Waals surface area contributed by atoms with Gasteiger partial charge in [-0.25, -0.2) is 0 Å². The Bertz CT molecular complexity index is 2670. The van der Waals surface area contributed by atoms with Crippen LogP contribution in [0.1, 0.15) is 0 Å². The zero-order chi connectivity index (χ0) is 33.7. The van der Waals surface area contributed by atoms with E-state index in [1.54, 1.807) is 0 Å². The Morgan fingerprint density at radius 3 is 1.43 bits per heavy atom. The van der Waals surface area contributed by atoms with Crippen molar-refractivity contribution >= 4 is 60.8 Å². The lowest BCUT2D eigenvalue weighted by molar-refractivity contribution is 0.669. The van der Waals surface area contributed by atoms with E-state index >= 15 is 0 Å². The molecule has 0 spiro atoms. The molecule has 10 aromatic rings. The number of hydrogen-bond acceptors (Lipinski definition) is 2. The summed E-state index contributed by atoms with van der Waals surface area (Å²) < 4.78 is 6.09. The Labute approximate surface area is 295 Å². The molecule has 51 heavy (non-hydrogen) atoms. The zero-order valence-corrected chi connectivity index (χ0v) is 27.8. The smallest absolute Gasteiger partial charge is 0.135 e. The molecule has 0 aliphatic carbocycles. The van der Waals surface area contributed by atoms with Gasteiger partial charge in [-0.15, -0.1) is 0 Å². The molecule has 2 aromatic heterocycles. The molecule has 0 aliphatic heterocycles. The topological polar surface area (TPSA) is 32.2 Å². The normalized spacial score (nSPS) is 11.5. The summed E-state index contributed by atoms with van der Waals surface area (Å²) in [5.41, 5.74) is 14.5. The molecular formula is C48H32N2O. The summed E-state index contributed by atoms with van der Waals surface area (Å²) in [5, 5.41) is 4.77. The van der Waals surface area contributed by atoms with Crippen molar-refractivity contribution in [2.24, 2.45) is 0 Å². The van der Waals surface area contributed by atoms with Crippen molar-refractivity contribution in [3.8, 4) is 33.4 Å². The number of hydrogen-bond donors (Lipinski definition) is 1. The van der Waals surface area contributed by atoms with E-state index in [2.05, 4.69) is 186 Å². The van der Waals surface area contributed by atoms with Crippen molar-refractivity contribution in [2.75, 3.05) is 4.90 Å². The standard InChI is InChI=1S/C48H32N2O/c1-2-8-32(9-3-1)33-14-22-38(23-15-33)50(39-24-16-34(17-25-39)36-20-28-46-43(30-36)41-10-4-6-12-45(41)49-46)40-26-18-35(19-27-40)37-21-29-48-44(31-37)42-11-5-7-13-47(42)51-48/h1-31,49H. The predicted octanol–water partition coefficient (Wildman–Crippen LogP) is 13.7. The third-order valence-electron chi connectivity index (χ3n) is 10.0. The first-order valence-corrected chi connectivity index (χ1v) is 17.3. The van der Waals surface area contributed by atoms with Crippen LogP contribution in [-0.2, 0) is 0 Å². The van der Waals surface area contributed by atoms with Gasteiger partial charge in [-0.2, -0.15) is 0 Å². The van der Waals surface area contributed by atoms with E-state index in [1.807, 2.05) is 12.1 Å². The van der Waals surface area contributed by atoms with Gasteiger partial charge in [-0.1, -0.05) is 115 Å². The minimum atomic E-state index is 0.909. The van der Waals surface area contributed by atoms with Crippen molar-refractivity contribution < 1.29 is 4.42 Å². The van der Waals surface area contributed by atoms with Crippen LogP contribution < -0.4 is 4.90 Å². The first kappa shape index (κ1) is 29.1. The van der Waals surface area contributed by atoms with Crippen LogP contribution in [0.25, 0.3) is 77.1 Å². The zero-order valence-electron chi connectivity index (χ0n) is 27.8. The number of aromatic amines is 1. The van der Waals surface area contributed by atoms with Crippen LogP contribution in [0.3, 0.4) is 0 Å². The quantitative estimate of drug-likeness (QED) is 0.194. The Balaban J connectivity index is 1.02. The summed E-state index contributed by atoms with van der Waals surface area (Å²) in [5.74, 6) is 0. The Hall–Kier alpha value is -6.84. The fourth-order valence-electron chi connectivity index (χ4n) is 7.42. The first-order chi connectivity index (χ1) is 25.2. The number of aromatic nitrogens is 1. The summed E-state index contributed by atoms with van der Waals surface area (Å²) >= 11 is 0. The van der Waals surface area contributed by atoms with Crippen LogP contribution >= 0.6 is 0 Å². The van der Waals surface area contributed by atoms with Gasteiger partial charge in [-0.3, -0.25) is 0 Å². The number of anilines is 3. The molecule has 0 bridgehead atoms. The van der Waals surface area contributed by atoms with Gasteiger partial charge in [0.15, 0.2) is 0 Å². The van der Waals surface area contributed by atoms with Gasteiger partial charge < -0.3 is 14.3 Å². The second-order valence-corrected chi connectivity index (χ2v) is 13.1. The van der Waals surface area contributed by atoms with Crippen LogP contribution in [0.4, 0.5) is 17.1 Å². The molecule has 3 nitrogen and oxygen atoms in total. The highest BCUT2D eigenvalue weighted by Crippen LogP contribution is 2.39. The van der Waals surface area contributed by atoms with Crippen molar-refractivity contribution in [1.82, 2.24) is 4.98 Å². The maximum absolute atomic E-state index is 6.09. The van der Waals surface area contributed by atoms with E-state index < -0.39 is 0 Å². The van der Waals surface area contributed by atoms with Crippen molar-refractivity contribution in [3.63, 3.8) is 0 Å². The third-order valence-corrected chi connectivity index (χ3v) is 10.0. The maximum atomic E-state index is 6.09. The van der Waals surface area contributed by atoms with Gasteiger partial charge in [0.2, 0.25) is 0 Å². The average Bonchev–Trinajstić information content (AvgIpc) is 3.77. The van der Waals surface area contributed by atoms with Crippen LogP contribution in [0, 0.1) is 0 Å². The molecular weight excluding hydrogens is 621 g/mol. The van der Waals surface area contributed by atoms with E-state index in [9.17, 15) is 0 Å². The monoisotopic (exact) mass is 652 g/mol. The first-order valence-electron chi connectivity index (χ1n) is 17.3. The summed E-state index contributed by atoms with van der Waals surface area (Å²) in [6, 6.07) is 67.1. The van der Waals surface area contributed by atoms with E-state index in [-0.39, 0.29) is 0 Å². The molecule has 0 radical (unpaired) electrons. The summed E-state index contributed by atoms with van der Waals surface area (Å²) in [6.07, 6.45) is 0. The van der Waals surface area contributed by atoms with E-state index in [0.29, 0.717) is 0 Å². The molecule has 2 heterocycles. The molecule has 8 aromatic carbocycles. The van der Waals surface area contributed by atoms with E-state index in [4.69, 9.17) is 4.42 Å². The molecule has 10 rings (SSSR count). The van der Waals surface area contributed by atoms with Crippen molar-refractivity contribution in [1.29, 1.82) is 0 Å². The molecule has 0 aliphatic rings. The van der Waals surface area contributed by atoms with Gasteiger partial charge in [-0.05, 0) is 106 Å². The number of para-hydroxylation sites is 2. The number of benzene rings is 8. The van der Waals surface area contributed by atoms with E-state index in [1.165, 1.54) is 33.0 Å². The summed E-state index contributed by atoms with van der Waals surface area (Å²) in [7, 11) is 0. The minimum Gasteiger partial charge on any atom is -0.456 e. The lowest BCUT2D eigenvalue weighted by atomic mass is 10.0.